The van der Waals surface area contributed by atoms with Crippen molar-refractivity contribution in [2.75, 3.05) is 13.1 Å². The molecule has 7 nitrogen and oxygen atoms in total. The normalized spacial score (nSPS) is 18.9. The number of thiophene rings is 1. The SMILES string of the molecule is Cc1ccc(CN2CCCC2c2nc3c(c(=O)[nH]2)CCN(C(=O)c2ccncc2)C3)s1. The molecular weight excluding hydrogens is 410 g/mol. The Morgan fingerprint density at radius 2 is 2.06 bits per heavy atom. The van der Waals surface area contributed by atoms with E-state index in [4.69, 9.17) is 4.98 Å². The summed E-state index contributed by atoms with van der Waals surface area (Å²) in [5, 5.41) is 0. The van der Waals surface area contributed by atoms with Gasteiger partial charge in [0.1, 0.15) is 5.82 Å². The first-order valence-corrected chi connectivity index (χ1v) is 11.5. The lowest BCUT2D eigenvalue weighted by Gasteiger charge is -2.29. The number of pyridine rings is 1. The van der Waals surface area contributed by atoms with Crippen molar-refractivity contribution in [1.82, 2.24) is 24.8 Å². The Labute approximate surface area is 184 Å². The van der Waals surface area contributed by atoms with E-state index in [-0.39, 0.29) is 17.5 Å². The van der Waals surface area contributed by atoms with Crippen molar-refractivity contribution in [3.8, 4) is 0 Å². The van der Waals surface area contributed by atoms with E-state index in [1.807, 2.05) is 11.3 Å². The highest BCUT2D eigenvalue weighted by molar-refractivity contribution is 7.11. The second-order valence-electron chi connectivity index (χ2n) is 8.23. The van der Waals surface area contributed by atoms with Crippen LogP contribution in [-0.4, -0.2) is 43.7 Å². The molecular formula is C23H25N5O2S. The smallest absolute Gasteiger partial charge is 0.254 e. The molecule has 1 saturated heterocycles. The van der Waals surface area contributed by atoms with E-state index in [1.54, 1.807) is 29.4 Å². The molecule has 1 amide bonds. The summed E-state index contributed by atoms with van der Waals surface area (Å²) in [5.74, 6) is 0.681. The summed E-state index contributed by atoms with van der Waals surface area (Å²) < 4.78 is 0. The van der Waals surface area contributed by atoms with Crippen LogP contribution < -0.4 is 5.56 Å². The van der Waals surface area contributed by atoms with Gasteiger partial charge in [-0.05, 0) is 57.0 Å². The molecule has 3 aromatic heterocycles. The lowest BCUT2D eigenvalue weighted by atomic mass is 10.0. The fourth-order valence-corrected chi connectivity index (χ4v) is 5.48. The third kappa shape index (κ3) is 4.05. The van der Waals surface area contributed by atoms with Gasteiger partial charge in [-0.25, -0.2) is 4.98 Å². The average Bonchev–Trinajstić information content (AvgIpc) is 3.42. The zero-order valence-corrected chi connectivity index (χ0v) is 18.3. The maximum Gasteiger partial charge on any atom is 0.254 e. The quantitative estimate of drug-likeness (QED) is 0.681. The average molecular weight is 436 g/mol. The molecule has 1 atom stereocenters. The van der Waals surface area contributed by atoms with Crippen LogP contribution in [0, 0.1) is 6.92 Å². The molecule has 31 heavy (non-hydrogen) atoms. The molecule has 1 fully saturated rings. The van der Waals surface area contributed by atoms with Crippen molar-refractivity contribution in [3.63, 3.8) is 0 Å². The molecule has 160 valence electrons. The summed E-state index contributed by atoms with van der Waals surface area (Å²) in [6.07, 6.45) is 5.83. The van der Waals surface area contributed by atoms with Crippen LogP contribution in [0.15, 0.2) is 41.5 Å². The molecule has 0 bridgehead atoms. The van der Waals surface area contributed by atoms with Crippen LogP contribution in [0.1, 0.15) is 56.1 Å². The second-order valence-corrected chi connectivity index (χ2v) is 9.60. The number of aromatic amines is 1. The summed E-state index contributed by atoms with van der Waals surface area (Å²) in [4.78, 5) is 44.4. The number of fused-ring (bicyclic) bond motifs is 1. The van der Waals surface area contributed by atoms with Gasteiger partial charge in [0, 0.05) is 46.4 Å². The fourth-order valence-electron chi connectivity index (χ4n) is 4.56. The Balaban J connectivity index is 1.39. The predicted octanol–water partition coefficient (Wildman–Crippen LogP) is 3.07. The molecule has 0 radical (unpaired) electrons. The fraction of sp³-hybridized carbons (Fsp3) is 0.391. The summed E-state index contributed by atoms with van der Waals surface area (Å²) in [6, 6.07) is 7.88. The first-order valence-electron chi connectivity index (χ1n) is 10.7. The summed E-state index contributed by atoms with van der Waals surface area (Å²) in [7, 11) is 0. The van der Waals surface area contributed by atoms with Crippen LogP contribution in [0.2, 0.25) is 0 Å². The molecule has 1 unspecified atom stereocenters. The standard InChI is InChI=1S/C23H25N5O2S/c1-15-4-5-17(31-15)13-27-11-2-3-20(27)21-25-19-14-28(12-8-18(19)22(29)26-21)23(30)16-6-9-24-10-7-16/h4-7,9-10,20H,2-3,8,11-14H2,1H3,(H,25,26,29). The van der Waals surface area contributed by atoms with Crippen molar-refractivity contribution >= 4 is 17.2 Å². The highest BCUT2D eigenvalue weighted by atomic mass is 32.1. The molecule has 8 heteroatoms. The molecule has 3 aromatic rings. The third-order valence-corrected chi connectivity index (χ3v) is 7.13. The molecule has 5 heterocycles. The van der Waals surface area contributed by atoms with Gasteiger partial charge in [-0.2, -0.15) is 0 Å². The first kappa shape index (κ1) is 20.1. The number of nitrogens with zero attached hydrogens (tertiary/aromatic N) is 4. The van der Waals surface area contributed by atoms with Gasteiger partial charge in [-0.1, -0.05) is 0 Å². The third-order valence-electron chi connectivity index (χ3n) is 6.14. The summed E-state index contributed by atoms with van der Waals surface area (Å²) in [6.45, 7) is 4.87. The number of carbonyl (C=O) groups is 1. The van der Waals surface area contributed by atoms with Gasteiger partial charge >= 0.3 is 0 Å². The van der Waals surface area contributed by atoms with Crippen LogP contribution >= 0.6 is 11.3 Å². The van der Waals surface area contributed by atoms with Crippen molar-refractivity contribution in [1.29, 1.82) is 0 Å². The molecule has 2 aliphatic rings. The zero-order valence-electron chi connectivity index (χ0n) is 17.5. The van der Waals surface area contributed by atoms with Crippen molar-refractivity contribution in [2.45, 2.75) is 45.3 Å². The van der Waals surface area contributed by atoms with Gasteiger partial charge in [-0.15, -0.1) is 11.3 Å². The Hall–Kier alpha value is -2.84. The Morgan fingerprint density at radius 3 is 2.84 bits per heavy atom. The number of hydrogen-bond donors (Lipinski definition) is 1. The van der Waals surface area contributed by atoms with E-state index < -0.39 is 0 Å². The molecule has 0 aromatic carbocycles. The maximum absolute atomic E-state index is 12.9. The van der Waals surface area contributed by atoms with Gasteiger partial charge in [0.25, 0.3) is 11.5 Å². The molecule has 0 spiro atoms. The van der Waals surface area contributed by atoms with Crippen LogP contribution in [0.3, 0.4) is 0 Å². The second kappa shape index (κ2) is 8.36. The Morgan fingerprint density at radius 1 is 1.23 bits per heavy atom. The Bertz CT molecular complexity index is 1160. The number of aromatic nitrogens is 3. The van der Waals surface area contributed by atoms with E-state index in [0.717, 1.165) is 37.4 Å². The van der Waals surface area contributed by atoms with E-state index in [9.17, 15) is 9.59 Å². The van der Waals surface area contributed by atoms with Crippen molar-refractivity contribution in [2.24, 2.45) is 0 Å². The number of likely N-dealkylation sites (tertiary alicyclic amines) is 1. The minimum absolute atomic E-state index is 0.0489. The predicted molar refractivity (Wildman–Crippen MR) is 119 cm³/mol. The molecule has 5 rings (SSSR count). The highest BCUT2D eigenvalue weighted by Crippen LogP contribution is 2.32. The van der Waals surface area contributed by atoms with Gasteiger partial charge in [-0.3, -0.25) is 19.5 Å². The topological polar surface area (TPSA) is 82.2 Å². The Kier molecular flexibility index (Phi) is 5.41. The molecule has 1 N–H and O–H groups in total. The number of H-pyrrole nitrogens is 1. The zero-order chi connectivity index (χ0) is 21.4. The van der Waals surface area contributed by atoms with Gasteiger partial charge < -0.3 is 9.88 Å². The van der Waals surface area contributed by atoms with Crippen LogP contribution in [0.25, 0.3) is 0 Å². The molecule has 2 aliphatic heterocycles. The summed E-state index contributed by atoms with van der Waals surface area (Å²) in [5.41, 5.74) is 1.98. The van der Waals surface area contributed by atoms with Crippen molar-refractivity contribution < 1.29 is 4.79 Å². The number of rotatable bonds is 4. The minimum atomic E-state index is -0.0603. The largest absolute Gasteiger partial charge is 0.332 e. The van der Waals surface area contributed by atoms with Gasteiger partial charge in [0.05, 0.1) is 18.3 Å². The molecule has 0 saturated carbocycles. The number of hydrogen-bond acceptors (Lipinski definition) is 6. The summed E-state index contributed by atoms with van der Waals surface area (Å²) >= 11 is 1.82. The van der Waals surface area contributed by atoms with Crippen LogP contribution in [0.4, 0.5) is 0 Å². The number of carbonyl (C=O) groups excluding carboxylic acids is 1. The first-order chi connectivity index (χ1) is 15.1. The van der Waals surface area contributed by atoms with E-state index in [0.29, 0.717) is 30.6 Å². The lowest BCUT2D eigenvalue weighted by molar-refractivity contribution is 0.0730. The van der Waals surface area contributed by atoms with Crippen molar-refractivity contribution in [3.05, 3.63) is 79.4 Å². The maximum atomic E-state index is 12.9. The van der Waals surface area contributed by atoms with E-state index in [2.05, 4.69) is 33.9 Å². The monoisotopic (exact) mass is 435 g/mol. The van der Waals surface area contributed by atoms with Crippen LogP contribution in [0.5, 0.6) is 0 Å². The number of aryl methyl sites for hydroxylation is 1. The van der Waals surface area contributed by atoms with Crippen LogP contribution in [-0.2, 0) is 19.5 Å². The van der Waals surface area contributed by atoms with E-state index >= 15 is 0 Å². The number of nitrogens with one attached hydrogen (secondary N) is 1. The van der Waals surface area contributed by atoms with Gasteiger partial charge in [0.15, 0.2) is 0 Å². The molecule has 0 aliphatic carbocycles. The lowest BCUT2D eigenvalue weighted by Crippen LogP contribution is -2.40. The van der Waals surface area contributed by atoms with Gasteiger partial charge in [0.2, 0.25) is 0 Å². The number of amides is 1. The van der Waals surface area contributed by atoms with E-state index in [1.165, 1.54) is 9.75 Å². The minimum Gasteiger partial charge on any atom is -0.332 e. The highest BCUT2D eigenvalue weighted by Gasteiger charge is 2.31.